The first-order valence-electron chi connectivity index (χ1n) is 17.9. The van der Waals surface area contributed by atoms with Crippen molar-refractivity contribution in [1.29, 1.82) is 0 Å². The standard InChI is InChI=1S/C49H33N3O/c1-3-11-32(12-4-1)34-21-23-35(24-22-34)36-25-28-38(29-26-36)48-50-47(37-14-5-2-6-15-37)51-49(52-48)43-19-10-20-44-45(43)42-18-9-17-41(46(42)53-44)40-30-27-33-13-7-8-16-39(33)31-40/h1-31,49H,(H,50,51,52). The zero-order chi connectivity index (χ0) is 35.1. The molecule has 1 unspecified atom stereocenters. The molecule has 4 heteroatoms. The molecule has 1 atom stereocenters. The van der Waals surface area contributed by atoms with E-state index in [4.69, 9.17) is 14.4 Å². The van der Waals surface area contributed by atoms with Crippen molar-refractivity contribution in [2.45, 2.75) is 6.17 Å². The lowest BCUT2D eigenvalue weighted by atomic mass is 9.98. The number of rotatable bonds is 6. The highest BCUT2D eigenvalue weighted by Gasteiger charge is 2.25. The van der Waals surface area contributed by atoms with Crippen molar-refractivity contribution < 1.29 is 4.42 Å². The fourth-order valence-electron chi connectivity index (χ4n) is 7.46. The number of furan rings is 1. The summed E-state index contributed by atoms with van der Waals surface area (Å²) < 4.78 is 6.68. The van der Waals surface area contributed by atoms with Crippen molar-refractivity contribution in [2.24, 2.45) is 9.98 Å². The van der Waals surface area contributed by atoms with E-state index in [1.807, 2.05) is 36.4 Å². The van der Waals surface area contributed by atoms with E-state index in [2.05, 4.69) is 157 Å². The van der Waals surface area contributed by atoms with E-state index < -0.39 is 6.17 Å². The summed E-state index contributed by atoms with van der Waals surface area (Å²) in [6, 6.07) is 65.8. The first-order valence-corrected chi connectivity index (χ1v) is 17.9. The Morgan fingerprint density at radius 1 is 0.415 bits per heavy atom. The quantitative estimate of drug-likeness (QED) is 0.190. The van der Waals surface area contributed by atoms with E-state index in [1.54, 1.807) is 0 Å². The molecule has 1 N–H and O–H groups in total. The highest BCUT2D eigenvalue weighted by atomic mass is 16.3. The number of fused-ring (bicyclic) bond motifs is 4. The van der Waals surface area contributed by atoms with E-state index in [0.717, 1.165) is 67.0 Å². The van der Waals surface area contributed by atoms with Crippen molar-refractivity contribution in [3.63, 3.8) is 0 Å². The molecule has 0 aliphatic carbocycles. The van der Waals surface area contributed by atoms with Crippen LogP contribution >= 0.6 is 0 Å². The van der Waals surface area contributed by atoms with E-state index in [9.17, 15) is 0 Å². The molecule has 1 aliphatic heterocycles. The lowest BCUT2D eigenvalue weighted by molar-refractivity contribution is 0.668. The molecule has 9 aromatic rings. The average molecular weight is 680 g/mol. The van der Waals surface area contributed by atoms with Crippen LogP contribution in [0, 0.1) is 0 Å². The highest BCUT2D eigenvalue weighted by Crippen LogP contribution is 2.41. The van der Waals surface area contributed by atoms with Gasteiger partial charge in [-0.1, -0.05) is 176 Å². The topological polar surface area (TPSA) is 49.9 Å². The second-order valence-corrected chi connectivity index (χ2v) is 13.4. The Kier molecular flexibility index (Phi) is 7.51. The predicted octanol–water partition coefficient (Wildman–Crippen LogP) is 12.2. The lowest BCUT2D eigenvalue weighted by Gasteiger charge is -2.23. The van der Waals surface area contributed by atoms with Crippen LogP contribution in [0.5, 0.6) is 0 Å². The van der Waals surface area contributed by atoms with Gasteiger partial charge in [-0.15, -0.1) is 0 Å². The molecule has 0 radical (unpaired) electrons. The fraction of sp³-hybridized carbons (Fsp3) is 0.0204. The Labute approximate surface area is 307 Å². The van der Waals surface area contributed by atoms with E-state index in [-0.39, 0.29) is 0 Å². The van der Waals surface area contributed by atoms with Gasteiger partial charge < -0.3 is 9.73 Å². The van der Waals surface area contributed by atoms with Crippen molar-refractivity contribution in [1.82, 2.24) is 5.32 Å². The zero-order valence-electron chi connectivity index (χ0n) is 28.8. The predicted molar refractivity (Wildman–Crippen MR) is 219 cm³/mol. The molecule has 0 bridgehead atoms. The molecule has 53 heavy (non-hydrogen) atoms. The molecule has 0 fully saturated rings. The van der Waals surface area contributed by atoms with Gasteiger partial charge in [0.05, 0.1) is 0 Å². The highest BCUT2D eigenvalue weighted by molar-refractivity contribution is 6.17. The van der Waals surface area contributed by atoms with Crippen LogP contribution in [0.2, 0.25) is 0 Å². The van der Waals surface area contributed by atoms with Crippen molar-refractivity contribution in [3.8, 4) is 33.4 Å². The monoisotopic (exact) mass is 679 g/mol. The Hall–Kier alpha value is -7.04. The van der Waals surface area contributed by atoms with Gasteiger partial charge in [-0.3, -0.25) is 0 Å². The molecule has 8 aromatic carbocycles. The van der Waals surface area contributed by atoms with Crippen molar-refractivity contribution in [2.75, 3.05) is 0 Å². The minimum absolute atomic E-state index is 0.486. The van der Waals surface area contributed by atoms with Crippen LogP contribution < -0.4 is 5.32 Å². The van der Waals surface area contributed by atoms with E-state index in [1.165, 1.54) is 27.5 Å². The number of benzene rings is 8. The minimum Gasteiger partial charge on any atom is -0.455 e. The van der Waals surface area contributed by atoms with Gasteiger partial charge in [0.1, 0.15) is 22.8 Å². The molecule has 250 valence electrons. The second-order valence-electron chi connectivity index (χ2n) is 13.4. The largest absolute Gasteiger partial charge is 0.455 e. The van der Waals surface area contributed by atoms with Gasteiger partial charge in [0.25, 0.3) is 0 Å². The van der Waals surface area contributed by atoms with E-state index in [0.29, 0.717) is 0 Å². The van der Waals surface area contributed by atoms with Gasteiger partial charge in [-0.25, -0.2) is 9.98 Å². The Balaban J connectivity index is 1.05. The number of aliphatic imine (C=N–C) groups is 2. The van der Waals surface area contributed by atoms with Gasteiger partial charge in [0.15, 0.2) is 6.17 Å². The first kappa shape index (κ1) is 30.8. The van der Waals surface area contributed by atoms with Crippen LogP contribution in [0.15, 0.2) is 202 Å². The van der Waals surface area contributed by atoms with Crippen molar-refractivity contribution in [3.05, 3.63) is 205 Å². The smallest absolute Gasteiger partial charge is 0.170 e. The third-order valence-electron chi connectivity index (χ3n) is 10.2. The summed E-state index contributed by atoms with van der Waals surface area (Å²) in [6.07, 6.45) is -0.486. The molecule has 0 amide bonds. The van der Waals surface area contributed by atoms with Gasteiger partial charge in [0, 0.05) is 33.0 Å². The lowest BCUT2D eigenvalue weighted by Crippen LogP contribution is -2.36. The Bertz CT molecular complexity index is 2830. The third-order valence-corrected chi connectivity index (χ3v) is 10.2. The summed E-state index contributed by atoms with van der Waals surface area (Å²) in [5.74, 6) is 1.55. The van der Waals surface area contributed by atoms with Gasteiger partial charge >= 0.3 is 0 Å². The molecule has 4 nitrogen and oxygen atoms in total. The number of amidine groups is 2. The molecule has 2 heterocycles. The maximum atomic E-state index is 6.68. The molecule has 1 aliphatic rings. The summed E-state index contributed by atoms with van der Waals surface area (Å²) in [5.41, 5.74) is 11.6. The van der Waals surface area contributed by atoms with Crippen LogP contribution in [0.3, 0.4) is 0 Å². The summed E-state index contributed by atoms with van der Waals surface area (Å²) in [7, 11) is 0. The molecular formula is C49H33N3O. The Morgan fingerprint density at radius 2 is 0.943 bits per heavy atom. The molecule has 0 spiro atoms. The van der Waals surface area contributed by atoms with Gasteiger partial charge in [0.2, 0.25) is 0 Å². The number of nitrogens with one attached hydrogen (secondary N) is 1. The normalized spacial score (nSPS) is 14.2. The zero-order valence-corrected chi connectivity index (χ0v) is 28.8. The average Bonchev–Trinajstić information content (AvgIpc) is 3.63. The molecule has 0 saturated heterocycles. The molecular weight excluding hydrogens is 647 g/mol. The van der Waals surface area contributed by atoms with Crippen LogP contribution in [-0.4, -0.2) is 11.7 Å². The second kappa shape index (κ2) is 12.9. The maximum Gasteiger partial charge on any atom is 0.170 e. The fourth-order valence-corrected chi connectivity index (χ4v) is 7.46. The number of para-hydroxylation sites is 1. The van der Waals surface area contributed by atoms with Crippen LogP contribution in [-0.2, 0) is 0 Å². The molecule has 1 aromatic heterocycles. The summed E-state index contributed by atoms with van der Waals surface area (Å²) >= 11 is 0. The molecule has 10 rings (SSSR count). The minimum atomic E-state index is -0.486. The number of hydrogen-bond acceptors (Lipinski definition) is 4. The van der Waals surface area contributed by atoms with Crippen LogP contribution in [0.4, 0.5) is 0 Å². The third kappa shape index (κ3) is 5.67. The number of hydrogen-bond donors (Lipinski definition) is 1. The van der Waals surface area contributed by atoms with Crippen LogP contribution in [0.25, 0.3) is 66.1 Å². The summed E-state index contributed by atoms with van der Waals surface area (Å²) in [6.45, 7) is 0. The summed E-state index contributed by atoms with van der Waals surface area (Å²) in [5, 5.41) is 8.07. The number of nitrogens with zero attached hydrogens (tertiary/aromatic N) is 2. The van der Waals surface area contributed by atoms with Crippen molar-refractivity contribution >= 4 is 44.4 Å². The van der Waals surface area contributed by atoms with Gasteiger partial charge in [-0.05, 0) is 50.7 Å². The van der Waals surface area contributed by atoms with Crippen LogP contribution in [0.1, 0.15) is 22.9 Å². The summed E-state index contributed by atoms with van der Waals surface area (Å²) in [4.78, 5) is 10.5. The molecule has 0 saturated carbocycles. The SMILES string of the molecule is c1ccc(C2=NC(c3cccc4oc5c(-c6ccc7ccccc7c6)cccc5c34)N=C(c3ccc(-c4ccc(-c5ccccc5)cc4)cc3)N2)cc1. The van der Waals surface area contributed by atoms with Gasteiger partial charge in [-0.2, -0.15) is 0 Å². The first-order chi connectivity index (χ1) is 26.2. The maximum absolute atomic E-state index is 6.68. The Morgan fingerprint density at radius 3 is 1.62 bits per heavy atom. The van der Waals surface area contributed by atoms with E-state index >= 15 is 0 Å².